The lowest BCUT2D eigenvalue weighted by Crippen LogP contribution is -2.26. The first kappa shape index (κ1) is 22.0. The molecule has 0 spiro atoms. The predicted octanol–water partition coefficient (Wildman–Crippen LogP) is 6.49. The van der Waals surface area contributed by atoms with Crippen LogP contribution in [0.2, 0.25) is 0 Å². The third-order valence-corrected chi connectivity index (χ3v) is 5.72. The number of benzene rings is 3. The van der Waals surface area contributed by atoms with E-state index in [1.165, 1.54) is 29.8 Å². The minimum atomic E-state index is -0.293. The first-order chi connectivity index (χ1) is 15.3. The number of aliphatic imine (C=N–C) groups is 1. The molecule has 1 aliphatic rings. The molecule has 1 aliphatic heterocycles. The second kappa shape index (κ2) is 8.73. The number of amidine groups is 1. The maximum atomic E-state index is 13.5. The summed E-state index contributed by atoms with van der Waals surface area (Å²) >= 11 is 0. The summed E-state index contributed by atoms with van der Waals surface area (Å²) in [4.78, 5) is 4.98. The van der Waals surface area contributed by atoms with Gasteiger partial charge in [-0.3, -0.25) is 4.99 Å². The molecule has 3 aromatic rings. The summed E-state index contributed by atoms with van der Waals surface area (Å²) in [6.45, 7) is 8.99. The number of hydrogen-bond donors (Lipinski definition) is 1. The Morgan fingerprint density at radius 3 is 2.03 bits per heavy atom. The molecule has 3 nitrogen and oxygen atoms in total. The fraction of sp³-hybridized carbons (Fsp3) is 0.296. The molecule has 0 amide bonds. The van der Waals surface area contributed by atoms with Crippen molar-refractivity contribution in [3.8, 4) is 5.75 Å². The van der Waals surface area contributed by atoms with Crippen molar-refractivity contribution in [1.82, 2.24) is 5.32 Å². The van der Waals surface area contributed by atoms with Gasteiger partial charge < -0.3 is 10.1 Å². The zero-order valence-corrected chi connectivity index (χ0v) is 18.8. The van der Waals surface area contributed by atoms with E-state index in [4.69, 9.17) is 9.73 Å². The van der Waals surface area contributed by atoms with Crippen molar-refractivity contribution in [2.75, 3.05) is 6.61 Å². The summed E-state index contributed by atoms with van der Waals surface area (Å²) in [5, 5.41) is 3.52. The number of hydrogen-bond acceptors (Lipinski definition) is 3. The molecule has 32 heavy (non-hydrogen) atoms. The first-order valence-corrected chi connectivity index (χ1v) is 10.9. The topological polar surface area (TPSA) is 33.6 Å². The van der Waals surface area contributed by atoms with Gasteiger partial charge in [0.15, 0.2) is 0 Å². The van der Waals surface area contributed by atoms with Crippen molar-refractivity contribution in [3.05, 3.63) is 101 Å². The van der Waals surface area contributed by atoms with E-state index < -0.39 is 0 Å². The Kier molecular flexibility index (Phi) is 6.00. The third-order valence-electron chi connectivity index (χ3n) is 5.72. The maximum Gasteiger partial charge on any atom is 0.133 e. The molecule has 2 atom stereocenters. The van der Waals surface area contributed by atoms with Crippen LogP contribution >= 0.6 is 0 Å². The molecule has 0 saturated carbocycles. The predicted molar refractivity (Wildman–Crippen MR) is 124 cm³/mol. The van der Waals surface area contributed by atoms with Gasteiger partial charge in [-0.2, -0.15) is 0 Å². The molecular formula is C27H28F2N2O. The summed E-state index contributed by atoms with van der Waals surface area (Å²) < 4.78 is 33.1. The van der Waals surface area contributed by atoms with Crippen LogP contribution in [0.4, 0.5) is 8.78 Å². The first-order valence-electron chi connectivity index (χ1n) is 10.9. The lowest BCUT2D eigenvalue weighted by molar-refractivity contribution is 0.338. The van der Waals surface area contributed by atoms with Crippen molar-refractivity contribution >= 4 is 5.84 Å². The number of ether oxygens (including phenoxy) is 1. The number of rotatable bonds is 5. The molecule has 3 aromatic carbocycles. The zero-order chi connectivity index (χ0) is 22.9. The van der Waals surface area contributed by atoms with Gasteiger partial charge in [0.1, 0.15) is 29.3 Å². The fourth-order valence-corrected chi connectivity index (χ4v) is 3.95. The van der Waals surface area contributed by atoms with Crippen LogP contribution in [0.3, 0.4) is 0 Å². The summed E-state index contributed by atoms with van der Waals surface area (Å²) in [5.41, 5.74) is 3.82. The van der Waals surface area contributed by atoms with Gasteiger partial charge in [-0.05, 0) is 65.4 Å². The van der Waals surface area contributed by atoms with Crippen molar-refractivity contribution in [2.24, 2.45) is 4.99 Å². The average molecular weight is 435 g/mol. The summed E-state index contributed by atoms with van der Waals surface area (Å²) in [6, 6.07) is 18.5. The van der Waals surface area contributed by atoms with Crippen molar-refractivity contribution in [1.29, 1.82) is 0 Å². The third kappa shape index (κ3) is 4.52. The molecule has 0 bridgehead atoms. The average Bonchev–Trinajstić information content (AvgIpc) is 3.19. The number of nitrogens with zero attached hydrogens (tertiary/aromatic N) is 1. The lowest BCUT2D eigenvalue weighted by atomic mass is 9.86. The highest BCUT2D eigenvalue weighted by molar-refractivity contribution is 6.03. The van der Waals surface area contributed by atoms with Crippen LogP contribution in [-0.2, 0) is 5.41 Å². The molecule has 0 aliphatic carbocycles. The van der Waals surface area contributed by atoms with E-state index in [0.29, 0.717) is 12.4 Å². The monoisotopic (exact) mass is 434 g/mol. The van der Waals surface area contributed by atoms with E-state index in [-0.39, 0.29) is 29.1 Å². The van der Waals surface area contributed by atoms with Crippen LogP contribution in [0.25, 0.3) is 0 Å². The molecule has 0 saturated heterocycles. The Morgan fingerprint density at radius 2 is 1.47 bits per heavy atom. The standard InChI is InChI=1S/C27H28F2N2O/c1-5-32-23-16-19(27(2,3)4)10-15-22(23)26-30-24(17-6-11-20(28)12-7-17)25(31-26)18-8-13-21(29)14-9-18/h6-16,24-25H,5H2,1-4H3,(H,30,31). The Morgan fingerprint density at radius 1 is 0.875 bits per heavy atom. The van der Waals surface area contributed by atoms with Crippen molar-refractivity contribution in [3.63, 3.8) is 0 Å². The minimum Gasteiger partial charge on any atom is -0.493 e. The van der Waals surface area contributed by atoms with Gasteiger partial charge in [0, 0.05) is 0 Å². The molecule has 0 fully saturated rings. The molecule has 1 N–H and O–H groups in total. The van der Waals surface area contributed by atoms with Crippen LogP contribution in [0.5, 0.6) is 5.75 Å². The summed E-state index contributed by atoms with van der Waals surface area (Å²) in [7, 11) is 0. The molecule has 4 rings (SSSR count). The van der Waals surface area contributed by atoms with Gasteiger partial charge in [-0.15, -0.1) is 0 Å². The number of halogens is 2. The quantitative estimate of drug-likeness (QED) is 0.498. The smallest absolute Gasteiger partial charge is 0.133 e. The van der Waals surface area contributed by atoms with Crippen LogP contribution in [0.1, 0.15) is 62.0 Å². The SMILES string of the molecule is CCOc1cc(C(C)(C)C)ccc1C1=NC(c2ccc(F)cc2)C(c2ccc(F)cc2)N1. The molecule has 2 unspecified atom stereocenters. The van der Waals surface area contributed by atoms with Gasteiger partial charge in [0.25, 0.3) is 0 Å². The van der Waals surface area contributed by atoms with Gasteiger partial charge in [0.05, 0.1) is 18.2 Å². The van der Waals surface area contributed by atoms with Gasteiger partial charge in [-0.1, -0.05) is 51.1 Å². The van der Waals surface area contributed by atoms with Gasteiger partial charge in [-0.25, -0.2) is 8.78 Å². The van der Waals surface area contributed by atoms with E-state index >= 15 is 0 Å². The van der Waals surface area contributed by atoms with Crippen LogP contribution in [-0.4, -0.2) is 12.4 Å². The van der Waals surface area contributed by atoms with E-state index in [2.05, 4.69) is 38.2 Å². The van der Waals surface area contributed by atoms with Crippen LogP contribution in [0, 0.1) is 11.6 Å². The number of nitrogens with one attached hydrogen (secondary N) is 1. The van der Waals surface area contributed by atoms with Gasteiger partial charge >= 0.3 is 0 Å². The highest BCUT2D eigenvalue weighted by Crippen LogP contribution is 2.39. The highest BCUT2D eigenvalue weighted by Gasteiger charge is 2.33. The Bertz CT molecular complexity index is 1120. The minimum absolute atomic E-state index is 0.0113. The van der Waals surface area contributed by atoms with Crippen molar-refractivity contribution < 1.29 is 13.5 Å². The van der Waals surface area contributed by atoms with Crippen LogP contribution < -0.4 is 10.1 Å². The van der Waals surface area contributed by atoms with E-state index in [1.54, 1.807) is 24.3 Å². The van der Waals surface area contributed by atoms with E-state index in [9.17, 15) is 8.78 Å². The largest absolute Gasteiger partial charge is 0.493 e. The van der Waals surface area contributed by atoms with E-state index in [1.807, 2.05) is 13.0 Å². The lowest BCUT2D eigenvalue weighted by Gasteiger charge is -2.22. The summed E-state index contributed by atoms with van der Waals surface area (Å²) in [6.07, 6.45) is 0. The second-order valence-electron chi connectivity index (χ2n) is 9.04. The van der Waals surface area contributed by atoms with E-state index in [0.717, 1.165) is 22.4 Å². The van der Waals surface area contributed by atoms with Gasteiger partial charge in [0.2, 0.25) is 0 Å². The highest BCUT2D eigenvalue weighted by atomic mass is 19.1. The molecule has 0 radical (unpaired) electrons. The normalized spacial score (nSPS) is 18.2. The van der Waals surface area contributed by atoms with Crippen molar-refractivity contribution in [2.45, 2.75) is 45.2 Å². The maximum absolute atomic E-state index is 13.5. The zero-order valence-electron chi connectivity index (χ0n) is 18.8. The van der Waals surface area contributed by atoms with Crippen LogP contribution in [0.15, 0.2) is 71.7 Å². The molecule has 0 aromatic heterocycles. The Hall–Kier alpha value is -3.21. The summed E-state index contributed by atoms with van der Waals surface area (Å²) in [5.74, 6) is 0.891. The molecule has 1 heterocycles. The molecule has 166 valence electrons. The second-order valence-corrected chi connectivity index (χ2v) is 9.04. The fourth-order valence-electron chi connectivity index (χ4n) is 3.95. The Labute approximate surface area is 188 Å². The molecular weight excluding hydrogens is 406 g/mol. The Balaban J connectivity index is 1.78. The molecule has 5 heteroatoms.